The van der Waals surface area contributed by atoms with Crippen LogP contribution in [0, 0.1) is 6.92 Å². The molecule has 3 heterocycles. The Labute approximate surface area is 203 Å². The first kappa shape index (κ1) is 21.9. The van der Waals surface area contributed by atoms with E-state index in [0.29, 0.717) is 10.7 Å². The number of nitrogens with zero attached hydrogens (tertiary/aromatic N) is 3. The molecule has 0 unspecified atom stereocenters. The molecule has 0 saturated carbocycles. The maximum absolute atomic E-state index is 11.9. The number of carbonyl (C=O) groups excluding carboxylic acids is 1. The summed E-state index contributed by atoms with van der Waals surface area (Å²) in [5.41, 5.74) is 5.60. The molecule has 0 bridgehead atoms. The summed E-state index contributed by atoms with van der Waals surface area (Å²) in [6, 6.07) is 25.5. The Morgan fingerprint density at radius 1 is 1.00 bits per heavy atom. The van der Waals surface area contributed by atoms with E-state index in [9.17, 15) is 4.79 Å². The highest BCUT2D eigenvalue weighted by molar-refractivity contribution is 7.80. The number of hydrogen-bond donors (Lipinski definition) is 1. The maximum atomic E-state index is 11.9. The van der Waals surface area contributed by atoms with Crippen LogP contribution in [0.5, 0.6) is 0 Å². The van der Waals surface area contributed by atoms with Crippen LogP contribution in [0.25, 0.3) is 5.69 Å². The number of esters is 1. The topological polar surface area (TPSA) is 59.4 Å². The molecule has 2 atom stereocenters. The van der Waals surface area contributed by atoms with Crippen molar-refractivity contribution in [1.29, 1.82) is 0 Å². The Morgan fingerprint density at radius 2 is 1.82 bits per heavy atom. The van der Waals surface area contributed by atoms with E-state index in [4.69, 9.17) is 17.0 Å². The summed E-state index contributed by atoms with van der Waals surface area (Å²) >= 11 is 5.84. The third kappa shape index (κ3) is 3.95. The zero-order valence-corrected chi connectivity index (χ0v) is 19.7. The zero-order chi connectivity index (χ0) is 23.7. The standard InChI is InChI=1S/C27H24N4O2S/c1-18-7-5-8-21(17-18)31-25(24(29-27(31)34)22-9-3-4-15-28-22)23-10-6-16-30(23)20-13-11-19(12-14-20)26(32)33-2/h3-17,24-25H,1-2H3,(H,29,34)/t24-,25-/m0/s1. The van der Waals surface area contributed by atoms with Gasteiger partial charge in [-0.3, -0.25) is 4.98 Å². The molecule has 0 spiro atoms. The minimum absolute atomic E-state index is 0.139. The van der Waals surface area contributed by atoms with Crippen molar-refractivity contribution in [2.24, 2.45) is 0 Å². The number of anilines is 1. The van der Waals surface area contributed by atoms with Gasteiger partial charge in [0.25, 0.3) is 0 Å². The van der Waals surface area contributed by atoms with Gasteiger partial charge >= 0.3 is 5.97 Å². The Hall–Kier alpha value is -3.97. The van der Waals surface area contributed by atoms with Crippen molar-refractivity contribution in [2.45, 2.75) is 19.0 Å². The van der Waals surface area contributed by atoms with Crippen LogP contribution in [0.3, 0.4) is 0 Å². The highest BCUT2D eigenvalue weighted by atomic mass is 32.1. The van der Waals surface area contributed by atoms with Crippen LogP contribution in [0.1, 0.15) is 39.4 Å². The SMILES string of the molecule is COC(=O)c1ccc(-n2cccc2[C@H]2[C@H](c3ccccn3)NC(=S)N2c2cccc(C)c2)cc1. The van der Waals surface area contributed by atoms with Gasteiger partial charge in [-0.05, 0) is 85.4 Å². The molecule has 0 aliphatic carbocycles. The number of rotatable bonds is 5. The number of ether oxygens (including phenoxy) is 1. The lowest BCUT2D eigenvalue weighted by atomic mass is 10.0. The Kier molecular flexibility index (Phi) is 5.86. The van der Waals surface area contributed by atoms with Gasteiger partial charge in [0.15, 0.2) is 5.11 Å². The molecule has 170 valence electrons. The van der Waals surface area contributed by atoms with E-state index in [1.807, 2.05) is 48.7 Å². The Morgan fingerprint density at radius 3 is 2.53 bits per heavy atom. The highest BCUT2D eigenvalue weighted by Crippen LogP contribution is 2.42. The summed E-state index contributed by atoms with van der Waals surface area (Å²) in [5.74, 6) is -0.356. The highest BCUT2D eigenvalue weighted by Gasteiger charge is 2.42. The largest absolute Gasteiger partial charge is 0.465 e. The number of nitrogens with one attached hydrogen (secondary N) is 1. The lowest BCUT2D eigenvalue weighted by molar-refractivity contribution is 0.0600. The number of hydrogen-bond acceptors (Lipinski definition) is 4. The molecule has 5 rings (SSSR count). The Bertz CT molecular complexity index is 1330. The van der Waals surface area contributed by atoms with Crippen molar-refractivity contribution in [3.8, 4) is 5.69 Å². The van der Waals surface area contributed by atoms with E-state index in [-0.39, 0.29) is 18.1 Å². The minimum atomic E-state index is -0.356. The third-order valence-corrected chi connectivity index (χ3v) is 6.34. The molecule has 2 aromatic carbocycles. The van der Waals surface area contributed by atoms with Gasteiger partial charge in [0.1, 0.15) is 6.04 Å². The van der Waals surface area contributed by atoms with Gasteiger partial charge in [-0.15, -0.1) is 0 Å². The predicted molar refractivity (Wildman–Crippen MR) is 136 cm³/mol. The van der Waals surface area contributed by atoms with Crippen molar-refractivity contribution >= 4 is 29.0 Å². The second-order valence-electron chi connectivity index (χ2n) is 8.18. The van der Waals surface area contributed by atoms with Gasteiger partial charge in [-0.25, -0.2) is 4.79 Å². The molecular weight excluding hydrogens is 444 g/mol. The fourth-order valence-corrected chi connectivity index (χ4v) is 4.80. The smallest absolute Gasteiger partial charge is 0.337 e. The molecule has 34 heavy (non-hydrogen) atoms. The molecule has 0 amide bonds. The van der Waals surface area contributed by atoms with E-state index < -0.39 is 0 Å². The maximum Gasteiger partial charge on any atom is 0.337 e. The lowest BCUT2D eigenvalue weighted by Crippen LogP contribution is -2.30. The van der Waals surface area contributed by atoms with E-state index in [1.165, 1.54) is 7.11 Å². The molecule has 0 radical (unpaired) electrons. The van der Waals surface area contributed by atoms with Gasteiger partial charge in [0.05, 0.1) is 24.4 Å². The molecule has 1 aliphatic heterocycles. The molecular formula is C27H24N4O2S. The lowest BCUT2D eigenvalue weighted by Gasteiger charge is -2.29. The molecule has 2 aromatic heterocycles. The third-order valence-electron chi connectivity index (χ3n) is 6.03. The first-order valence-corrected chi connectivity index (χ1v) is 11.4. The number of benzene rings is 2. The number of aryl methyl sites for hydroxylation is 1. The quantitative estimate of drug-likeness (QED) is 0.323. The van der Waals surface area contributed by atoms with Crippen LogP contribution in [0.2, 0.25) is 0 Å². The fourth-order valence-electron chi connectivity index (χ4n) is 4.46. The monoisotopic (exact) mass is 468 g/mol. The summed E-state index contributed by atoms with van der Waals surface area (Å²) < 4.78 is 6.96. The molecule has 4 aromatic rings. The number of carbonyl (C=O) groups is 1. The molecule has 7 heteroatoms. The van der Waals surface area contributed by atoms with Crippen molar-refractivity contribution in [3.63, 3.8) is 0 Å². The normalized spacial score (nSPS) is 17.5. The van der Waals surface area contributed by atoms with Gasteiger partial charge in [0.2, 0.25) is 0 Å². The van der Waals surface area contributed by atoms with Crippen LogP contribution >= 0.6 is 12.2 Å². The van der Waals surface area contributed by atoms with Crippen LogP contribution < -0.4 is 10.2 Å². The van der Waals surface area contributed by atoms with Gasteiger partial charge in [-0.1, -0.05) is 18.2 Å². The van der Waals surface area contributed by atoms with Crippen LogP contribution in [0.15, 0.2) is 91.3 Å². The second kappa shape index (κ2) is 9.11. The summed E-state index contributed by atoms with van der Waals surface area (Å²) in [7, 11) is 1.38. The van der Waals surface area contributed by atoms with E-state index in [2.05, 4.69) is 51.0 Å². The Balaban J connectivity index is 1.62. The number of aromatic nitrogens is 2. The van der Waals surface area contributed by atoms with E-state index >= 15 is 0 Å². The molecule has 6 nitrogen and oxygen atoms in total. The van der Waals surface area contributed by atoms with Crippen molar-refractivity contribution in [2.75, 3.05) is 12.0 Å². The average Bonchev–Trinajstić information content (AvgIpc) is 3.48. The molecule has 1 saturated heterocycles. The van der Waals surface area contributed by atoms with Crippen LogP contribution in [0.4, 0.5) is 5.69 Å². The van der Waals surface area contributed by atoms with Gasteiger partial charge in [-0.2, -0.15) is 0 Å². The van der Waals surface area contributed by atoms with Crippen LogP contribution in [-0.2, 0) is 4.74 Å². The first-order valence-electron chi connectivity index (χ1n) is 11.0. The molecule has 1 fully saturated rings. The fraction of sp³-hybridized carbons (Fsp3) is 0.148. The zero-order valence-electron chi connectivity index (χ0n) is 18.9. The van der Waals surface area contributed by atoms with Crippen molar-refractivity contribution in [1.82, 2.24) is 14.9 Å². The summed E-state index contributed by atoms with van der Waals surface area (Å²) in [6.07, 6.45) is 3.82. The summed E-state index contributed by atoms with van der Waals surface area (Å²) in [6.45, 7) is 2.08. The number of methoxy groups -OCH3 is 1. The minimum Gasteiger partial charge on any atom is -0.465 e. The predicted octanol–water partition coefficient (Wildman–Crippen LogP) is 5.14. The summed E-state index contributed by atoms with van der Waals surface area (Å²) in [4.78, 5) is 18.7. The van der Waals surface area contributed by atoms with Gasteiger partial charge < -0.3 is 19.5 Å². The molecule has 1 aliphatic rings. The number of pyridine rings is 1. The van der Waals surface area contributed by atoms with Crippen LogP contribution in [-0.4, -0.2) is 27.7 Å². The van der Waals surface area contributed by atoms with E-state index in [1.54, 1.807) is 18.3 Å². The summed E-state index contributed by atoms with van der Waals surface area (Å²) in [5, 5.41) is 4.16. The average molecular weight is 469 g/mol. The number of thiocarbonyl (C=S) groups is 1. The van der Waals surface area contributed by atoms with Crippen molar-refractivity contribution < 1.29 is 9.53 Å². The van der Waals surface area contributed by atoms with E-state index in [0.717, 1.165) is 28.3 Å². The second-order valence-corrected chi connectivity index (χ2v) is 8.56. The molecule has 1 N–H and O–H groups in total. The van der Waals surface area contributed by atoms with Gasteiger partial charge in [0, 0.05) is 29.5 Å². The van der Waals surface area contributed by atoms with Crippen molar-refractivity contribution in [3.05, 3.63) is 114 Å². The first-order chi connectivity index (χ1) is 16.6.